The average molecular weight is 257 g/mol. The van der Waals surface area contributed by atoms with Gasteiger partial charge in [0.25, 0.3) is 0 Å². The van der Waals surface area contributed by atoms with Gasteiger partial charge in [0.05, 0.1) is 16.9 Å². The van der Waals surface area contributed by atoms with Crippen LogP contribution in [0.25, 0.3) is 11.0 Å². The Morgan fingerprint density at radius 2 is 2.00 bits per heavy atom. The number of benzene rings is 1. The summed E-state index contributed by atoms with van der Waals surface area (Å²) in [5, 5.41) is 0.701. The van der Waals surface area contributed by atoms with Crippen molar-refractivity contribution in [2.75, 3.05) is 0 Å². The van der Waals surface area contributed by atoms with Gasteiger partial charge in [-0.2, -0.15) is 0 Å². The zero-order valence-electron chi connectivity index (χ0n) is 9.59. The van der Waals surface area contributed by atoms with Crippen molar-refractivity contribution in [3.63, 3.8) is 0 Å². The Bertz CT molecular complexity index is 524. The van der Waals surface area contributed by atoms with Gasteiger partial charge in [-0.05, 0) is 39.0 Å². The zero-order chi connectivity index (χ0) is 11.9. The Labute approximate surface area is 105 Å². The minimum Gasteiger partial charge on any atom is -0.322 e. The van der Waals surface area contributed by atoms with E-state index in [4.69, 9.17) is 23.2 Å². The van der Waals surface area contributed by atoms with Crippen molar-refractivity contribution in [3.05, 3.63) is 29.0 Å². The summed E-state index contributed by atoms with van der Waals surface area (Å²) in [4.78, 5) is 4.51. The second kappa shape index (κ2) is 3.94. The molecule has 0 unspecified atom stereocenters. The molecule has 1 aromatic heterocycles. The number of rotatable bonds is 1. The van der Waals surface area contributed by atoms with Crippen LogP contribution >= 0.6 is 23.2 Å². The van der Waals surface area contributed by atoms with Gasteiger partial charge >= 0.3 is 0 Å². The van der Waals surface area contributed by atoms with Gasteiger partial charge in [0, 0.05) is 10.6 Å². The van der Waals surface area contributed by atoms with Crippen LogP contribution in [0.3, 0.4) is 0 Å². The topological polar surface area (TPSA) is 17.8 Å². The summed E-state index contributed by atoms with van der Waals surface area (Å²) in [6, 6.07) is 5.74. The lowest BCUT2D eigenvalue weighted by Crippen LogP contribution is -2.23. The van der Waals surface area contributed by atoms with Crippen molar-refractivity contribution >= 4 is 34.2 Å². The van der Waals surface area contributed by atoms with Gasteiger partial charge in [-0.25, -0.2) is 4.98 Å². The second-order valence-electron chi connectivity index (χ2n) is 4.80. The van der Waals surface area contributed by atoms with E-state index in [2.05, 4.69) is 30.3 Å². The fourth-order valence-electron chi connectivity index (χ4n) is 1.94. The molecule has 0 bridgehead atoms. The number of hydrogen-bond donors (Lipinski definition) is 0. The monoisotopic (exact) mass is 256 g/mol. The average Bonchev–Trinajstić information content (AvgIpc) is 2.54. The van der Waals surface area contributed by atoms with Gasteiger partial charge in [0.15, 0.2) is 0 Å². The third-order valence-corrected chi connectivity index (χ3v) is 2.95. The molecule has 0 spiro atoms. The third-order valence-electron chi connectivity index (χ3n) is 2.48. The van der Waals surface area contributed by atoms with Gasteiger partial charge in [-0.15, -0.1) is 11.6 Å². The summed E-state index contributed by atoms with van der Waals surface area (Å²) in [6.45, 7) is 6.41. The maximum absolute atomic E-state index is 5.96. The van der Waals surface area contributed by atoms with Crippen molar-refractivity contribution in [2.24, 2.45) is 0 Å². The van der Waals surface area contributed by atoms with E-state index >= 15 is 0 Å². The summed E-state index contributed by atoms with van der Waals surface area (Å²) in [7, 11) is 0. The smallest absolute Gasteiger partial charge is 0.125 e. The first-order chi connectivity index (χ1) is 7.43. The second-order valence-corrected chi connectivity index (χ2v) is 5.50. The number of halogens is 2. The maximum atomic E-state index is 5.96. The molecule has 0 aliphatic carbocycles. The molecule has 2 rings (SSSR count). The molecule has 16 heavy (non-hydrogen) atoms. The van der Waals surface area contributed by atoms with Gasteiger partial charge < -0.3 is 4.57 Å². The fourth-order valence-corrected chi connectivity index (χ4v) is 2.29. The molecule has 0 N–H and O–H groups in total. The Kier molecular flexibility index (Phi) is 2.89. The van der Waals surface area contributed by atoms with Crippen LogP contribution in [0.5, 0.6) is 0 Å². The van der Waals surface area contributed by atoms with Crippen molar-refractivity contribution in [2.45, 2.75) is 32.2 Å². The van der Waals surface area contributed by atoms with Crippen LogP contribution < -0.4 is 0 Å². The summed E-state index contributed by atoms with van der Waals surface area (Å²) in [6.07, 6.45) is 0. The van der Waals surface area contributed by atoms with Crippen LogP contribution in [0.1, 0.15) is 26.6 Å². The largest absolute Gasteiger partial charge is 0.322 e. The zero-order valence-corrected chi connectivity index (χ0v) is 11.1. The number of aromatic nitrogens is 2. The molecule has 0 saturated heterocycles. The molecule has 0 aliphatic heterocycles. The molecule has 0 fully saturated rings. The van der Waals surface area contributed by atoms with Gasteiger partial charge in [-0.3, -0.25) is 0 Å². The molecular formula is C12H14Cl2N2. The standard InChI is InChI=1S/C12H14Cl2N2/c1-12(2,3)16-10-5-4-8(14)6-9(10)15-11(16)7-13/h4-6H,7H2,1-3H3. The quantitative estimate of drug-likeness (QED) is 0.700. The van der Waals surface area contributed by atoms with Gasteiger partial charge in [0.1, 0.15) is 5.82 Å². The van der Waals surface area contributed by atoms with Crippen molar-refractivity contribution < 1.29 is 0 Å². The lowest BCUT2D eigenvalue weighted by molar-refractivity contribution is 0.398. The summed E-state index contributed by atoms with van der Waals surface area (Å²) in [5.41, 5.74) is 1.94. The predicted molar refractivity (Wildman–Crippen MR) is 69.3 cm³/mol. The molecule has 4 heteroatoms. The third kappa shape index (κ3) is 1.92. The van der Waals surface area contributed by atoms with E-state index in [0.29, 0.717) is 10.9 Å². The van der Waals surface area contributed by atoms with Crippen LogP contribution in [-0.2, 0) is 11.4 Å². The number of alkyl halides is 1. The molecule has 0 saturated carbocycles. The first-order valence-electron chi connectivity index (χ1n) is 5.17. The van der Waals surface area contributed by atoms with Crippen molar-refractivity contribution in [1.29, 1.82) is 0 Å². The predicted octanol–water partition coefficient (Wildman–Crippen LogP) is 4.18. The first kappa shape index (κ1) is 11.7. The highest BCUT2D eigenvalue weighted by atomic mass is 35.5. The molecule has 2 aromatic rings. The van der Waals surface area contributed by atoms with Crippen molar-refractivity contribution in [1.82, 2.24) is 9.55 Å². The molecule has 2 nitrogen and oxygen atoms in total. The molecule has 1 heterocycles. The first-order valence-corrected chi connectivity index (χ1v) is 6.08. The van der Waals surface area contributed by atoms with E-state index < -0.39 is 0 Å². The lowest BCUT2D eigenvalue weighted by Gasteiger charge is -2.24. The number of nitrogens with zero attached hydrogens (tertiary/aromatic N) is 2. The van der Waals surface area contributed by atoms with E-state index in [9.17, 15) is 0 Å². The van der Waals surface area contributed by atoms with Crippen LogP contribution in [0.2, 0.25) is 5.02 Å². The van der Waals surface area contributed by atoms with E-state index in [-0.39, 0.29) is 5.54 Å². The highest BCUT2D eigenvalue weighted by Gasteiger charge is 2.20. The summed E-state index contributed by atoms with van der Waals surface area (Å²) in [5.74, 6) is 1.29. The van der Waals surface area contributed by atoms with Crippen LogP contribution in [0.15, 0.2) is 18.2 Å². The minimum atomic E-state index is -0.0349. The number of fused-ring (bicyclic) bond motifs is 1. The molecule has 0 radical (unpaired) electrons. The summed E-state index contributed by atoms with van der Waals surface area (Å²) >= 11 is 11.9. The van der Waals surface area contributed by atoms with Crippen LogP contribution in [0, 0.1) is 0 Å². The summed E-state index contributed by atoms with van der Waals surface area (Å²) < 4.78 is 2.16. The molecule has 0 amide bonds. The van der Waals surface area contributed by atoms with Gasteiger partial charge in [0.2, 0.25) is 0 Å². The normalized spacial score (nSPS) is 12.3. The van der Waals surface area contributed by atoms with E-state index in [1.54, 1.807) is 0 Å². The highest BCUT2D eigenvalue weighted by Crippen LogP contribution is 2.27. The highest BCUT2D eigenvalue weighted by molar-refractivity contribution is 6.31. The maximum Gasteiger partial charge on any atom is 0.125 e. The van der Waals surface area contributed by atoms with Crippen LogP contribution in [0.4, 0.5) is 0 Å². The Balaban J connectivity index is 2.79. The Morgan fingerprint density at radius 3 is 2.56 bits per heavy atom. The van der Waals surface area contributed by atoms with E-state index in [1.165, 1.54) is 0 Å². The Morgan fingerprint density at radius 1 is 1.31 bits per heavy atom. The van der Waals surface area contributed by atoms with E-state index in [1.807, 2.05) is 18.2 Å². The fraction of sp³-hybridized carbons (Fsp3) is 0.417. The lowest BCUT2D eigenvalue weighted by atomic mass is 10.1. The number of hydrogen-bond acceptors (Lipinski definition) is 1. The SMILES string of the molecule is CC(C)(C)n1c(CCl)nc2cc(Cl)ccc21. The Hall–Kier alpha value is -0.730. The molecule has 1 aromatic carbocycles. The van der Waals surface area contributed by atoms with Crippen molar-refractivity contribution in [3.8, 4) is 0 Å². The molecule has 0 atom stereocenters. The minimum absolute atomic E-state index is 0.0349. The molecular weight excluding hydrogens is 243 g/mol. The molecule has 86 valence electrons. The number of imidazole rings is 1. The molecule has 0 aliphatic rings. The van der Waals surface area contributed by atoms with E-state index in [0.717, 1.165) is 16.9 Å². The van der Waals surface area contributed by atoms with Crippen LogP contribution in [-0.4, -0.2) is 9.55 Å². The van der Waals surface area contributed by atoms with Gasteiger partial charge in [-0.1, -0.05) is 11.6 Å².